The average Bonchev–Trinajstić information content (AvgIpc) is 3.34. The average molecular weight is 1240 g/mol. The number of ether oxygens (including phenoxy) is 14. The van der Waals surface area contributed by atoms with Gasteiger partial charge in [-0.2, -0.15) is 0 Å². The third kappa shape index (κ3) is 14.5. The molecule has 0 spiro atoms. The second-order valence-corrected chi connectivity index (χ2v) is 22.1. The van der Waals surface area contributed by atoms with Crippen LogP contribution in [-0.2, 0) is 71.1 Å². The molecule has 36 nitrogen and oxygen atoms in total. The van der Waals surface area contributed by atoms with Crippen molar-refractivity contribution in [1.82, 2.24) is 0 Å². The molecule has 0 radical (unpaired) electrons. The summed E-state index contributed by atoms with van der Waals surface area (Å²) in [4.78, 5) is 13.0. The Bertz CT molecular complexity index is 2060. The maximum atomic E-state index is 13.0. The van der Waals surface area contributed by atoms with E-state index in [1.54, 1.807) is 0 Å². The van der Waals surface area contributed by atoms with Crippen LogP contribution in [0.3, 0.4) is 0 Å². The molecule has 0 aliphatic carbocycles. The van der Waals surface area contributed by atoms with Gasteiger partial charge in [0.2, 0.25) is 0 Å². The molecule has 7 heterocycles. The van der Waals surface area contributed by atoms with Gasteiger partial charge in [-0.25, -0.2) is 4.79 Å². The van der Waals surface area contributed by atoms with Crippen molar-refractivity contribution in [2.75, 3.05) is 13.2 Å². The highest BCUT2D eigenvalue weighted by atomic mass is 16.8. The molecule has 0 amide bonds. The van der Waals surface area contributed by atoms with Gasteiger partial charge in [0.25, 0.3) is 0 Å². The first-order valence-electron chi connectivity index (χ1n) is 27.2. The Balaban J connectivity index is 1.10. The van der Waals surface area contributed by atoms with Gasteiger partial charge in [0.15, 0.2) is 50.1 Å². The Morgan fingerprint density at radius 2 is 0.690 bits per heavy atom. The minimum absolute atomic E-state index is 1.03. The van der Waals surface area contributed by atoms with Crippen molar-refractivity contribution in [2.24, 2.45) is 0 Å². The van der Waals surface area contributed by atoms with Crippen LogP contribution in [0.25, 0.3) is 0 Å². The number of carboxylic acids is 1. The zero-order chi connectivity index (χ0) is 62.4. The summed E-state index contributed by atoms with van der Waals surface area (Å²) in [5, 5.41) is 228. The topological polar surface area (TPSA) is 571 Å². The number of carboxylic acid groups (broad SMARTS) is 1. The summed E-state index contributed by atoms with van der Waals surface area (Å²) in [5.74, 6) is -1.95. The molecule has 0 bridgehead atoms. The van der Waals surface area contributed by atoms with Gasteiger partial charge in [0.05, 0.1) is 49.8 Å². The first-order chi connectivity index (χ1) is 39.3. The van der Waals surface area contributed by atoms with Gasteiger partial charge in [0.1, 0.15) is 153 Å². The summed E-state index contributed by atoms with van der Waals surface area (Å²) < 4.78 is 80.6. The summed E-state index contributed by atoms with van der Waals surface area (Å²) in [5.41, 5.74) is 0. The molecule has 7 rings (SSSR count). The third-order valence-corrected chi connectivity index (χ3v) is 16.0. The lowest BCUT2D eigenvalue weighted by atomic mass is 9.95. The van der Waals surface area contributed by atoms with Crippen molar-refractivity contribution in [2.45, 2.75) is 281 Å². The fraction of sp³-hybridized carbons (Fsp3) is 0.979. The lowest BCUT2D eigenvalue weighted by Crippen LogP contribution is -2.68. The monoisotopic (exact) mass is 1230 g/mol. The first kappa shape index (κ1) is 69.6. The predicted octanol–water partition coefficient (Wildman–Crippen LogP) is -12.6. The van der Waals surface area contributed by atoms with Gasteiger partial charge < -0.3 is 174 Å². The Labute approximate surface area is 477 Å². The Morgan fingerprint density at radius 1 is 0.369 bits per heavy atom. The maximum absolute atomic E-state index is 13.0. The minimum Gasteiger partial charge on any atom is -0.479 e. The predicted molar refractivity (Wildman–Crippen MR) is 259 cm³/mol. The third-order valence-electron chi connectivity index (χ3n) is 16.0. The molecule has 36 heteroatoms. The van der Waals surface area contributed by atoms with Crippen molar-refractivity contribution in [3.05, 3.63) is 0 Å². The van der Waals surface area contributed by atoms with Gasteiger partial charge in [-0.15, -0.1) is 0 Å². The van der Waals surface area contributed by atoms with Crippen molar-refractivity contribution < 1.29 is 178 Å². The molecule has 0 saturated carbocycles. The molecular formula is C48H82O36. The van der Waals surface area contributed by atoms with Crippen LogP contribution in [0.15, 0.2) is 0 Å². The van der Waals surface area contributed by atoms with Crippen molar-refractivity contribution in [1.29, 1.82) is 0 Å². The van der Waals surface area contributed by atoms with Gasteiger partial charge in [0, 0.05) is 0 Å². The molecular weight excluding hydrogens is 1150 g/mol. The summed E-state index contributed by atoms with van der Waals surface area (Å²) in [6.07, 6.45) is -74.6. The van der Waals surface area contributed by atoms with Crippen LogP contribution in [0, 0.1) is 0 Å². The van der Waals surface area contributed by atoms with E-state index >= 15 is 0 Å². The molecule has 0 aromatic carbocycles. The van der Waals surface area contributed by atoms with Crippen molar-refractivity contribution in [3.63, 3.8) is 0 Å². The van der Waals surface area contributed by atoms with E-state index in [1.807, 2.05) is 0 Å². The normalized spacial score (nSPS) is 52.0. The van der Waals surface area contributed by atoms with E-state index in [0.717, 1.165) is 6.92 Å². The van der Waals surface area contributed by atoms with Crippen LogP contribution < -0.4 is 0 Å². The quantitative estimate of drug-likeness (QED) is 0.0538. The fourth-order valence-electron chi connectivity index (χ4n) is 10.6. The maximum Gasteiger partial charge on any atom is 0.335 e. The molecule has 21 N–H and O–H groups in total. The molecule has 84 heavy (non-hydrogen) atoms. The zero-order valence-corrected chi connectivity index (χ0v) is 45.9. The van der Waals surface area contributed by atoms with Crippen LogP contribution in [0.4, 0.5) is 0 Å². The molecule has 7 fully saturated rings. The highest BCUT2D eigenvalue weighted by molar-refractivity contribution is 5.73. The number of rotatable bonds is 20. The Hall–Kier alpha value is -1.89. The van der Waals surface area contributed by atoms with E-state index in [2.05, 4.69) is 0 Å². The second-order valence-electron chi connectivity index (χ2n) is 22.1. The SMILES string of the molecule is C[C@H](O)[C@H](O)[C@@H](O)[C@H](CO)O[C@@H]1O[C@@H](C)[C@H](O)[C@@H](O)[C@H]1O[C@@H]1O[C@@H](C)[C@H](O)[C@@H](O)[C@H]1O[C@@H]1O[C@H](C(=O)O)[C@@H](O[C@@H]2O[C@@H](C)[C@H](O)[C@@H](O)[C@H]2O[C@@H]2O[C@H](CO)[C@H](O)[C@H](O[C@@H]3O[C@@H](C)[C@H](O)[C@@H](O)[C@H]3O[C@@H]3O[C@@H](C)[C@H](O)[C@@H](O)[C@H]3O)[C@H]2O)[C@H](O)[C@H]1O. The van der Waals surface area contributed by atoms with E-state index in [0.29, 0.717) is 0 Å². The van der Waals surface area contributed by atoms with E-state index in [4.69, 9.17) is 66.3 Å². The van der Waals surface area contributed by atoms with Gasteiger partial charge >= 0.3 is 5.97 Å². The molecule has 7 aliphatic heterocycles. The van der Waals surface area contributed by atoms with E-state index < -0.39 is 259 Å². The number of aliphatic hydroxyl groups is 20. The summed E-state index contributed by atoms with van der Waals surface area (Å²) in [6, 6.07) is 0. The van der Waals surface area contributed by atoms with E-state index in [9.17, 15) is 112 Å². The van der Waals surface area contributed by atoms with Gasteiger partial charge in [-0.05, 0) is 41.5 Å². The fourth-order valence-corrected chi connectivity index (χ4v) is 10.6. The number of carbonyl (C=O) groups is 1. The first-order valence-corrected chi connectivity index (χ1v) is 27.2. The molecule has 39 atom stereocenters. The van der Waals surface area contributed by atoms with Crippen molar-refractivity contribution >= 4 is 5.97 Å². The lowest BCUT2D eigenvalue weighted by Gasteiger charge is -2.50. The Kier molecular flexibility index (Phi) is 24.0. The standard InChI is InChI=1S/C48H82O36/c1-9(51)17(52)23(58)15(7-49)77-45-36(26(61)19(54)11(3)72-45)83-48-39(29(64)22(57)14(6)75-48)81-43-32(67)30(65)35(40(84-43)41(69)70)79-47-38(28(63)21(56)13(5)74-47)82-44-33(68)34(24(59)16(8-50)76-44)78-46-37(27(62)20(55)12(4)73-46)80-42-31(66)25(60)18(53)10(2)71-42/h9-40,42-68H,7-8H2,1-6H3,(H,69,70)/t9-,10-,11-,12-,13-,14-,15-,16+,17-,18-,19-,20-,21-,22-,23-,24-,25+,26+,27+,28+,29+,30+,31+,32+,33+,34-,35-,36+,37+,38+,39+,40-,42-,43+,44-,45-,46-,47-,48-/m0/s1. The second kappa shape index (κ2) is 28.9. The zero-order valence-electron chi connectivity index (χ0n) is 45.9. The van der Waals surface area contributed by atoms with Crippen LogP contribution >= 0.6 is 0 Å². The minimum atomic E-state index is -2.46. The lowest BCUT2D eigenvalue weighted by molar-refractivity contribution is -0.407. The highest BCUT2D eigenvalue weighted by Gasteiger charge is 2.59. The molecule has 0 aromatic rings. The summed E-state index contributed by atoms with van der Waals surface area (Å²) >= 11 is 0. The molecule has 7 aliphatic rings. The van der Waals surface area contributed by atoms with Crippen LogP contribution in [0.5, 0.6) is 0 Å². The van der Waals surface area contributed by atoms with E-state index in [-0.39, 0.29) is 0 Å². The Morgan fingerprint density at radius 3 is 1.10 bits per heavy atom. The van der Waals surface area contributed by atoms with Crippen LogP contribution in [-0.4, -0.2) is 366 Å². The summed E-state index contributed by atoms with van der Waals surface area (Å²) in [6.45, 7) is 5.40. The molecule has 7 saturated heterocycles. The van der Waals surface area contributed by atoms with E-state index in [1.165, 1.54) is 34.6 Å². The number of aliphatic hydroxyl groups excluding tert-OH is 20. The van der Waals surface area contributed by atoms with Crippen molar-refractivity contribution in [3.8, 4) is 0 Å². The molecule has 0 aromatic heterocycles. The van der Waals surface area contributed by atoms with Crippen LogP contribution in [0.2, 0.25) is 0 Å². The number of aliphatic carboxylic acids is 1. The highest BCUT2D eigenvalue weighted by Crippen LogP contribution is 2.39. The number of hydrogen-bond donors (Lipinski definition) is 21. The van der Waals surface area contributed by atoms with Gasteiger partial charge in [-0.1, -0.05) is 0 Å². The molecule has 0 unspecified atom stereocenters. The smallest absolute Gasteiger partial charge is 0.335 e. The largest absolute Gasteiger partial charge is 0.479 e. The van der Waals surface area contributed by atoms with Crippen LogP contribution in [0.1, 0.15) is 41.5 Å². The molecule has 490 valence electrons. The summed E-state index contributed by atoms with van der Waals surface area (Å²) in [7, 11) is 0. The van der Waals surface area contributed by atoms with Gasteiger partial charge in [-0.3, -0.25) is 0 Å². The number of hydrogen-bond acceptors (Lipinski definition) is 35.